The van der Waals surface area contributed by atoms with Crippen LogP contribution in [0.15, 0.2) is 9.64 Å². The molecule has 0 saturated heterocycles. The number of esters is 1. The van der Waals surface area contributed by atoms with Gasteiger partial charge in [-0.15, -0.1) is 10.2 Å². The summed E-state index contributed by atoms with van der Waals surface area (Å²) in [6, 6.07) is 0. The smallest absolute Gasteiger partial charge is 0.316 e. The van der Waals surface area contributed by atoms with Crippen LogP contribution in [0.3, 0.4) is 0 Å². The van der Waals surface area contributed by atoms with Crippen LogP contribution < -0.4 is 0 Å². The monoisotopic (exact) mass is 230 g/mol. The number of aromatic nitrogens is 2. The summed E-state index contributed by atoms with van der Waals surface area (Å²) in [6.07, 6.45) is 1.92. The highest BCUT2D eigenvalue weighted by Gasteiger charge is 2.08. The molecule has 0 radical (unpaired) electrons. The number of nitrogens with zero attached hydrogens (tertiary/aromatic N) is 2. The summed E-state index contributed by atoms with van der Waals surface area (Å²) in [5, 5.41) is 7.81. The van der Waals surface area contributed by atoms with E-state index in [-0.39, 0.29) is 11.7 Å². The molecule has 0 saturated carbocycles. The minimum atomic E-state index is -0.246. The Balaban J connectivity index is 2.16. The zero-order chi connectivity index (χ0) is 11.1. The van der Waals surface area contributed by atoms with Crippen LogP contribution in [0.4, 0.5) is 0 Å². The molecule has 0 atom stereocenters. The molecule has 0 N–H and O–H groups in total. The predicted octanol–water partition coefficient (Wildman–Crippen LogP) is 1.81. The van der Waals surface area contributed by atoms with Crippen molar-refractivity contribution in [2.45, 2.75) is 31.9 Å². The van der Waals surface area contributed by atoms with Crippen LogP contribution in [0.5, 0.6) is 0 Å². The van der Waals surface area contributed by atoms with E-state index >= 15 is 0 Å². The van der Waals surface area contributed by atoms with E-state index in [1.165, 1.54) is 11.8 Å². The Bertz CT molecular complexity index is 314. The number of ether oxygens (including phenoxy) is 1. The zero-order valence-electron chi connectivity index (χ0n) is 8.86. The number of carbonyl (C=O) groups is 1. The van der Waals surface area contributed by atoms with Crippen molar-refractivity contribution < 1.29 is 13.9 Å². The summed E-state index contributed by atoms with van der Waals surface area (Å²) in [4.78, 5) is 11.2. The summed E-state index contributed by atoms with van der Waals surface area (Å²) in [7, 11) is 0. The maximum Gasteiger partial charge on any atom is 0.316 e. The van der Waals surface area contributed by atoms with Gasteiger partial charge in [-0.1, -0.05) is 25.1 Å². The number of unbranched alkanes of at least 4 members (excludes halogenated alkanes) is 1. The molecule has 0 fully saturated rings. The largest absolute Gasteiger partial charge is 0.465 e. The van der Waals surface area contributed by atoms with Gasteiger partial charge in [0, 0.05) is 6.92 Å². The lowest BCUT2D eigenvalue weighted by Gasteiger charge is -2.01. The van der Waals surface area contributed by atoms with Gasteiger partial charge in [-0.2, -0.15) is 0 Å². The third kappa shape index (κ3) is 4.83. The first-order chi connectivity index (χ1) is 7.22. The molecule has 0 aliphatic heterocycles. The van der Waals surface area contributed by atoms with Crippen LogP contribution in [0.2, 0.25) is 0 Å². The molecule has 1 heterocycles. The Kier molecular flexibility index (Phi) is 5.17. The first-order valence-electron chi connectivity index (χ1n) is 4.81. The van der Waals surface area contributed by atoms with Crippen molar-refractivity contribution >= 4 is 17.7 Å². The Labute approximate surface area is 92.6 Å². The van der Waals surface area contributed by atoms with Gasteiger partial charge < -0.3 is 9.15 Å². The van der Waals surface area contributed by atoms with Crippen LogP contribution in [0.1, 0.15) is 25.7 Å². The predicted molar refractivity (Wildman–Crippen MR) is 55.6 cm³/mol. The van der Waals surface area contributed by atoms with Gasteiger partial charge in [0.25, 0.3) is 5.22 Å². The van der Waals surface area contributed by atoms with E-state index in [1.807, 2.05) is 6.92 Å². The van der Waals surface area contributed by atoms with E-state index in [9.17, 15) is 4.79 Å². The van der Waals surface area contributed by atoms with Crippen molar-refractivity contribution in [1.82, 2.24) is 10.2 Å². The van der Waals surface area contributed by atoms with E-state index in [0.29, 0.717) is 17.7 Å². The summed E-state index contributed by atoms with van der Waals surface area (Å²) >= 11 is 1.19. The van der Waals surface area contributed by atoms with Gasteiger partial charge in [0.15, 0.2) is 0 Å². The third-order valence-corrected chi connectivity index (χ3v) is 2.37. The highest BCUT2D eigenvalue weighted by atomic mass is 32.2. The maximum absolute atomic E-state index is 11.2. The van der Waals surface area contributed by atoms with Crippen LogP contribution in [-0.2, 0) is 9.53 Å². The second-order valence-corrected chi connectivity index (χ2v) is 3.88. The summed E-state index contributed by atoms with van der Waals surface area (Å²) < 4.78 is 10.1. The van der Waals surface area contributed by atoms with Crippen molar-refractivity contribution in [3.63, 3.8) is 0 Å². The Morgan fingerprint density at radius 2 is 2.33 bits per heavy atom. The summed E-state index contributed by atoms with van der Waals surface area (Å²) in [5.74, 6) is 0.465. The van der Waals surface area contributed by atoms with Gasteiger partial charge >= 0.3 is 5.97 Å². The molecule has 1 aromatic heterocycles. The van der Waals surface area contributed by atoms with Gasteiger partial charge in [0.1, 0.15) is 5.75 Å². The fourth-order valence-electron chi connectivity index (χ4n) is 0.829. The lowest BCUT2D eigenvalue weighted by Crippen LogP contribution is -2.08. The molecule has 84 valence electrons. The number of thioether (sulfide) groups is 1. The van der Waals surface area contributed by atoms with E-state index in [0.717, 1.165) is 12.8 Å². The lowest BCUT2D eigenvalue weighted by atomic mass is 10.4. The van der Waals surface area contributed by atoms with E-state index in [2.05, 4.69) is 10.2 Å². The third-order valence-electron chi connectivity index (χ3n) is 1.58. The first kappa shape index (κ1) is 12.0. The highest BCUT2D eigenvalue weighted by molar-refractivity contribution is 7.99. The number of rotatable bonds is 6. The molecule has 0 aliphatic carbocycles. The maximum atomic E-state index is 11.2. The van der Waals surface area contributed by atoms with E-state index in [4.69, 9.17) is 9.15 Å². The van der Waals surface area contributed by atoms with Crippen LogP contribution >= 0.6 is 11.8 Å². The Hall–Kier alpha value is -1.04. The quantitative estimate of drug-likeness (QED) is 0.422. The molecule has 15 heavy (non-hydrogen) atoms. The second-order valence-electron chi connectivity index (χ2n) is 2.95. The van der Waals surface area contributed by atoms with Crippen molar-refractivity contribution in [3.8, 4) is 0 Å². The van der Waals surface area contributed by atoms with Gasteiger partial charge in [0.05, 0.1) is 6.61 Å². The minimum absolute atomic E-state index is 0.214. The normalized spacial score (nSPS) is 10.3. The molecule has 0 bridgehead atoms. The topological polar surface area (TPSA) is 65.2 Å². The lowest BCUT2D eigenvalue weighted by molar-refractivity contribution is -0.140. The van der Waals surface area contributed by atoms with Crippen molar-refractivity contribution in [2.24, 2.45) is 0 Å². The van der Waals surface area contributed by atoms with Gasteiger partial charge in [-0.3, -0.25) is 4.79 Å². The van der Waals surface area contributed by atoms with Crippen LogP contribution in [-0.4, -0.2) is 28.5 Å². The molecule has 0 aliphatic rings. The standard InChI is InChI=1S/C9H14N2O3S/c1-3-4-5-13-8(12)6-15-9-11-10-7(2)14-9/h3-6H2,1-2H3. The zero-order valence-corrected chi connectivity index (χ0v) is 9.67. The summed E-state index contributed by atoms with van der Waals surface area (Å²) in [6.45, 7) is 4.24. The molecule has 1 aromatic rings. The number of carbonyl (C=O) groups excluding carboxylic acids is 1. The molecule has 6 heteroatoms. The molecule has 0 amide bonds. The molecule has 5 nitrogen and oxygen atoms in total. The first-order valence-corrected chi connectivity index (χ1v) is 5.79. The summed E-state index contributed by atoms with van der Waals surface area (Å²) in [5.41, 5.74) is 0. The average Bonchev–Trinajstić information content (AvgIpc) is 2.62. The van der Waals surface area contributed by atoms with Crippen molar-refractivity contribution in [2.75, 3.05) is 12.4 Å². The average molecular weight is 230 g/mol. The molecule has 0 aromatic carbocycles. The fraction of sp³-hybridized carbons (Fsp3) is 0.667. The number of hydrogen-bond acceptors (Lipinski definition) is 6. The van der Waals surface area contributed by atoms with Crippen LogP contribution in [0, 0.1) is 6.92 Å². The van der Waals surface area contributed by atoms with Crippen molar-refractivity contribution in [1.29, 1.82) is 0 Å². The molecule has 1 rings (SSSR count). The Morgan fingerprint density at radius 1 is 1.53 bits per heavy atom. The molecule has 0 spiro atoms. The number of aryl methyl sites for hydroxylation is 1. The molecule has 0 unspecified atom stereocenters. The highest BCUT2D eigenvalue weighted by Crippen LogP contribution is 2.15. The molecular formula is C9H14N2O3S. The van der Waals surface area contributed by atoms with Crippen molar-refractivity contribution in [3.05, 3.63) is 5.89 Å². The Morgan fingerprint density at radius 3 is 2.93 bits per heavy atom. The second kappa shape index (κ2) is 6.44. The SMILES string of the molecule is CCCCOC(=O)CSc1nnc(C)o1. The van der Waals surface area contributed by atoms with Gasteiger partial charge in [-0.05, 0) is 6.42 Å². The van der Waals surface area contributed by atoms with E-state index < -0.39 is 0 Å². The molecular weight excluding hydrogens is 216 g/mol. The number of hydrogen-bond donors (Lipinski definition) is 0. The van der Waals surface area contributed by atoms with Crippen LogP contribution in [0.25, 0.3) is 0 Å². The minimum Gasteiger partial charge on any atom is -0.465 e. The fourth-order valence-corrected chi connectivity index (χ4v) is 1.43. The van der Waals surface area contributed by atoms with Gasteiger partial charge in [-0.25, -0.2) is 0 Å². The van der Waals surface area contributed by atoms with Gasteiger partial charge in [0.2, 0.25) is 5.89 Å². The van der Waals surface area contributed by atoms with E-state index in [1.54, 1.807) is 6.92 Å².